The van der Waals surface area contributed by atoms with Crippen molar-refractivity contribution in [3.05, 3.63) is 108 Å². The van der Waals surface area contributed by atoms with Gasteiger partial charge in [-0.2, -0.15) is 0 Å². The zero-order chi connectivity index (χ0) is 35.4. The number of aromatic nitrogens is 2. The number of esters is 1. The highest BCUT2D eigenvalue weighted by atomic mass is 19.1. The Balaban J connectivity index is 1.44. The SMILES string of the molecule is COC(=O)CC(C)(C)C(C)(C)CNC(=O)c1ccc(C(F)(C(=O)Nc2cccc3cccnc23)C(=O)Nc2cccc3cccnc23)cc1. The first kappa shape index (κ1) is 34.6. The second-order valence-electron chi connectivity index (χ2n) is 13.1. The number of hydrogen-bond donors (Lipinski definition) is 3. The van der Waals surface area contributed by atoms with Crippen LogP contribution < -0.4 is 16.0 Å². The van der Waals surface area contributed by atoms with Crippen LogP contribution in [0.15, 0.2) is 97.3 Å². The number of amides is 3. The third kappa shape index (κ3) is 7.11. The Morgan fingerprint density at radius 1 is 0.694 bits per heavy atom. The number of anilines is 2. The van der Waals surface area contributed by atoms with E-state index in [0.29, 0.717) is 21.8 Å². The lowest BCUT2D eigenvalue weighted by Crippen LogP contribution is -2.47. The molecule has 0 unspecified atom stereocenters. The number of hydrogen-bond acceptors (Lipinski definition) is 7. The number of methoxy groups -OCH3 is 1. The normalized spacial score (nSPS) is 12.0. The van der Waals surface area contributed by atoms with Gasteiger partial charge in [-0.1, -0.05) is 76.2 Å². The highest BCUT2D eigenvalue weighted by molar-refractivity contribution is 6.20. The van der Waals surface area contributed by atoms with Crippen molar-refractivity contribution in [1.82, 2.24) is 15.3 Å². The number of para-hydroxylation sites is 2. The van der Waals surface area contributed by atoms with Gasteiger partial charge in [0.25, 0.3) is 23.4 Å². The number of ether oxygens (including phenoxy) is 1. The van der Waals surface area contributed by atoms with E-state index in [-0.39, 0.29) is 41.4 Å². The first-order valence-corrected chi connectivity index (χ1v) is 15.7. The van der Waals surface area contributed by atoms with Crippen molar-refractivity contribution in [2.24, 2.45) is 10.8 Å². The Hall–Kier alpha value is -5.71. The van der Waals surface area contributed by atoms with E-state index in [2.05, 4.69) is 25.9 Å². The minimum Gasteiger partial charge on any atom is -0.469 e. The Kier molecular flexibility index (Phi) is 9.75. The number of nitrogens with zero attached hydrogens (tertiary/aromatic N) is 2. The van der Waals surface area contributed by atoms with Crippen LogP contribution in [0, 0.1) is 10.8 Å². The van der Waals surface area contributed by atoms with Gasteiger partial charge in [-0.05, 0) is 47.2 Å². The summed E-state index contributed by atoms with van der Waals surface area (Å²) in [6.45, 7) is 7.94. The molecule has 3 N–H and O–H groups in total. The molecule has 0 radical (unpaired) electrons. The smallest absolute Gasteiger partial charge is 0.306 e. The molecule has 0 spiro atoms. The molecule has 49 heavy (non-hydrogen) atoms. The number of rotatable bonds is 11. The number of carbonyl (C=O) groups is 4. The van der Waals surface area contributed by atoms with Gasteiger partial charge in [0.05, 0.1) is 35.9 Å². The Morgan fingerprint density at radius 3 is 1.67 bits per heavy atom. The summed E-state index contributed by atoms with van der Waals surface area (Å²) in [5.41, 5.74) is -3.09. The maximum Gasteiger partial charge on any atom is 0.306 e. The molecule has 0 aliphatic heterocycles. The Labute approximate surface area is 283 Å². The van der Waals surface area contributed by atoms with Crippen molar-refractivity contribution in [1.29, 1.82) is 0 Å². The molecule has 2 heterocycles. The van der Waals surface area contributed by atoms with Crippen LogP contribution in [0.1, 0.15) is 50.0 Å². The molecule has 10 nitrogen and oxygen atoms in total. The number of nitrogens with one attached hydrogen (secondary N) is 3. The molecule has 0 atom stereocenters. The molecule has 252 valence electrons. The van der Waals surface area contributed by atoms with Gasteiger partial charge in [0.15, 0.2) is 0 Å². The van der Waals surface area contributed by atoms with Crippen LogP contribution in [0.2, 0.25) is 0 Å². The maximum atomic E-state index is 17.4. The molecule has 5 aromatic rings. The summed E-state index contributed by atoms with van der Waals surface area (Å²) in [5, 5.41) is 9.44. The van der Waals surface area contributed by atoms with E-state index in [1.54, 1.807) is 73.1 Å². The van der Waals surface area contributed by atoms with Crippen molar-refractivity contribution in [2.75, 3.05) is 24.3 Å². The molecule has 0 aliphatic rings. The summed E-state index contributed by atoms with van der Waals surface area (Å²) in [5.74, 6) is -3.29. The average Bonchev–Trinajstić information content (AvgIpc) is 3.10. The molecular weight excluding hydrogens is 625 g/mol. The van der Waals surface area contributed by atoms with E-state index in [9.17, 15) is 19.2 Å². The molecule has 0 saturated carbocycles. The number of benzene rings is 3. The third-order valence-corrected chi connectivity index (χ3v) is 9.27. The fraction of sp³-hybridized carbons (Fsp3) is 0.263. The van der Waals surface area contributed by atoms with Crippen molar-refractivity contribution >= 4 is 56.9 Å². The molecule has 11 heteroatoms. The fourth-order valence-corrected chi connectivity index (χ4v) is 5.36. The van der Waals surface area contributed by atoms with E-state index in [0.717, 1.165) is 0 Å². The van der Waals surface area contributed by atoms with Crippen LogP contribution in [0.5, 0.6) is 0 Å². The minimum atomic E-state index is -3.25. The first-order chi connectivity index (χ1) is 23.3. The average molecular weight is 664 g/mol. The maximum absolute atomic E-state index is 17.4. The predicted molar refractivity (Wildman–Crippen MR) is 187 cm³/mol. The Morgan fingerprint density at radius 2 is 1.18 bits per heavy atom. The number of halogens is 1. The molecule has 0 saturated heterocycles. The van der Waals surface area contributed by atoms with E-state index in [4.69, 9.17) is 4.74 Å². The van der Waals surface area contributed by atoms with Crippen LogP contribution in [0.3, 0.4) is 0 Å². The van der Waals surface area contributed by atoms with Crippen molar-refractivity contribution < 1.29 is 28.3 Å². The van der Waals surface area contributed by atoms with Crippen LogP contribution >= 0.6 is 0 Å². The zero-order valence-corrected chi connectivity index (χ0v) is 28.0. The van der Waals surface area contributed by atoms with Gasteiger partial charge in [-0.15, -0.1) is 0 Å². The first-order valence-electron chi connectivity index (χ1n) is 15.7. The topological polar surface area (TPSA) is 139 Å². The third-order valence-electron chi connectivity index (χ3n) is 9.27. The standard InChI is InChI=1S/C38H38FN5O5/c1-36(2,22-30(45)49-5)37(3,4)23-42-33(46)26-16-18-27(19-17-26)38(39,34(47)43-28-14-6-10-24-12-8-20-40-31(24)28)35(48)44-29-15-7-11-25-13-9-21-41-32(25)29/h6-21H,22-23H2,1-5H3,(H,42,46)(H,43,47)(H,44,48). The Bertz CT molecular complexity index is 1940. The number of pyridine rings is 2. The monoisotopic (exact) mass is 663 g/mol. The van der Waals surface area contributed by atoms with Gasteiger partial charge in [-0.3, -0.25) is 29.1 Å². The van der Waals surface area contributed by atoms with E-state index in [1.165, 1.54) is 31.4 Å². The molecule has 0 fully saturated rings. The molecular formula is C38H38FN5O5. The second kappa shape index (κ2) is 13.8. The summed E-state index contributed by atoms with van der Waals surface area (Å²) < 4.78 is 22.2. The lowest BCUT2D eigenvalue weighted by atomic mass is 9.66. The highest BCUT2D eigenvalue weighted by Gasteiger charge is 2.49. The molecule has 0 bridgehead atoms. The minimum absolute atomic E-state index is 0.160. The molecule has 5 rings (SSSR count). The fourth-order valence-electron chi connectivity index (χ4n) is 5.36. The van der Waals surface area contributed by atoms with Crippen LogP contribution in [-0.4, -0.2) is 47.3 Å². The quantitative estimate of drug-likeness (QED) is 0.107. The van der Waals surface area contributed by atoms with Crippen LogP contribution in [0.4, 0.5) is 15.8 Å². The van der Waals surface area contributed by atoms with E-state index in [1.807, 2.05) is 27.7 Å². The van der Waals surface area contributed by atoms with Gasteiger partial charge >= 0.3 is 5.97 Å². The molecule has 2 aromatic heterocycles. The van der Waals surface area contributed by atoms with Crippen molar-refractivity contribution in [3.8, 4) is 0 Å². The van der Waals surface area contributed by atoms with Crippen molar-refractivity contribution in [2.45, 2.75) is 39.8 Å². The summed E-state index contributed by atoms with van der Waals surface area (Å²) in [7, 11) is 1.33. The number of alkyl halides is 1. The van der Waals surface area contributed by atoms with E-state index < -0.39 is 34.2 Å². The second-order valence-corrected chi connectivity index (χ2v) is 13.1. The van der Waals surface area contributed by atoms with Crippen LogP contribution in [0.25, 0.3) is 21.8 Å². The van der Waals surface area contributed by atoms with Gasteiger partial charge in [-0.25, -0.2) is 4.39 Å². The van der Waals surface area contributed by atoms with Crippen LogP contribution in [-0.2, 0) is 24.8 Å². The van der Waals surface area contributed by atoms with Gasteiger partial charge in [0.1, 0.15) is 0 Å². The lowest BCUT2D eigenvalue weighted by Gasteiger charge is -2.41. The van der Waals surface area contributed by atoms with Gasteiger partial charge in [0, 0.05) is 40.8 Å². The largest absolute Gasteiger partial charge is 0.469 e. The molecule has 3 aromatic carbocycles. The van der Waals surface area contributed by atoms with E-state index >= 15 is 4.39 Å². The lowest BCUT2D eigenvalue weighted by molar-refractivity contribution is -0.145. The zero-order valence-electron chi connectivity index (χ0n) is 28.0. The summed E-state index contributed by atoms with van der Waals surface area (Å²) in [4.78, 5) is 61.6. The molecule has 0 aliphatic carbocycles. The summed E-state index contributed by atoms with van der Waals surface area (Å²) in [6, 6.07) is 22.4. The highest BCUT2D eigenvalue weighted by Crippen LogP contribution is 2.41. The number of fused-ring (bicyclic) bond motifs is 2. The van der Waals surface area contributed by atoms with Gasteiger partial charge in [0.2, 0.25) is 0 Å². The predicted octanol–water partition coefficient (Wildman–Crippen LogP) is 6.57. The van der Waals surface area contributed by atoms with Crippen molar-refractivity contribution in [3.63, 3.8) is 0 Å². The number of carbonyl (C=O) groups excluding carboxylic acids is 4. The summed E-state index contributed by atoms with van der Waals surface area (Å²) >= 11 is 0. The molecule has 3 amide bonds. The summed E-state index contributed by atoms with van der Waals surface area (Å²) in [6.07, 6.45) is 3.26. The van der Waals surface area contributed by atoms with Gasteiger partial charge < -0.3 is 20.7 Å².